The van der Waals surface area contributed by atoms with Crippen LogP contribution >= 0.6 is 0 Å². The van der Waals surface area contributed by atoms with Crippen LogP contribution in [0.15, 0.2) is 36.4 Å². The molecule has 2 aliphatic heterocycles. The van der Waals surface area contributed by atoms with E-state index in [-0.39, 0.29) is 48.7 Å². The Hall–Kier alpha value is -3.06. The van der Waals surface area contributed by atoms with E-state index in [2.05, 4.69) is 16.5 Å². The second kappa shape index (κ2) is 14.6. The zero-order valence-electron chi connectivity index (χ0n) is 25.7. The topological polar surface area (TPSA) is 127 Å². The van der Waals surface area contributed by atoms with Gasteiger partial charge in [-0.3, -0.25) is 14.4 Å². The number of nitrogens with one attached hydrogen (secondary N) is 1. The molecule has 0 aromatic heterocycles. The van der Waals surface area contributed by atoms with Crippen LogP contribution in [0.2, 0.25) is 0 Å². The Morgan fingerprint density at radius 2 is 1.84 bits per heavy atom. The molecule has 0 aliphatic carbocycles. The summed E-state index contributed by atoms with van der Waals surface area (Å²) < 4.78 is 49.9. The number of anilines is 1. The Morgan fingerprint density at radius 3 is 2.58 bits per heavy atom. The fourth-order valence-corrected chi connectivity index (χ4v) is 5.94. The van der Waals surface area contributed by atoms with Gasteiger partial charge in [0.15, 0.2) is 11.5 Å². The molecule has 0 saturated carbocycles. The summed E-state index contributed by atoms with van der Waals surface area (Å²) >= 11 is 0. The van der Waals surface area contributed by atoms with E-state index in [0.717, 1.165) is 42.6 Å². The van der Waals surface area contributed by atoms with Gasteiger partial charge in [-0.05, 0) is 76.1 Å². The number of fused-ring (bicyclic) bond motifs is 2. The first-order chi connectivity index (χ1) is 20.4. The third-order valence-corrected chi connectivity index (χ3v) is 8.34. The second-order valence-corrected chi connectivity index (χ2v) is 13.5. The number of benzene rings is 2. The predicted molar refractivity (Wildman–Crippen MR) is 164 cm³/mol. The minimum absolute atomic E-state index is 0.0827. The van der Waals surface area contributed by atoms with E-state index in [9.17, 15) is 18.3 Å². The average molecular weight is 620 g/mol. The van der Waals surface area contributed by atoms with E-state index in [4.69, 9.17) is 18.9 Å². The fraction of sp³-hybridized carbons (Fsp3) is 0.581. The standard InChI is InChI=1S/C31H45N3O8S/c1-21-16-34(22(2)19-35)31(36)26-15-25(32-43(5,37)38)10-12-27(26)42-23(3)8-6-7-13-39-30(21)18-33(4)17-24-9-11-28-29(14-24)41-20-40-28/h9-12,14-15,21-23,30,32,35H,6-8,13,16-20H2,1-5H3/t21-,22-,23-,30+/m1/s1. The summed E-state index contributed by atoms with van der Waals surface area (Å²) in [5, 5.41) is 10.1. The quantitative estimate of drug-likeness (QED) is 0.455. The highest BCUT2D eigenvalue weighted by atomic mass is 32.2. The van der Waals surface area contributed by atoms with Crippen LogP contribution in [0.1, 0.15) is 56.0 Å². The van der Waals surface area contributed by atoms with E-state index >= 15 is 0 Å². The first kappa shape index (κ1) is 32.8. The summed E-state index contributed by atoms with van der Waals surface area (Å²) in [5.74, 6) is 1.44. The van der Waals surface area contributed by atoms with Crippen LogP contribution in [0.25, 0.3) is 0 Å². The van der Waals surface area contributed by atoms with Gasteiger partial charge in [-0.1, -0.05) is 13.0 Å². The van der Waals surface area contributed by atoms with Gasteiger partial charge in [0.2, 0.25) is 16.8 Å². The van der Waals surface area contributed by atoms with Gasteiger partial charge in [0.05, 0.1) is 36.7 Å². The number of aliphatic hydroxyl groups excluding tert-OH is 1. The second-order valence-electron chi connectivity index (χ2n) is 11.8. The number of rotatable bonds is 8. The van der Waals surface area contributed by atoms with Crippen molar-refractivity contribution in [3.05, 3.63) is 47.5 Å². The highest BCUT2D eigenvalue weighted by molar-refractivity contribution is 7.92. The molecule has 0 fully saturated rings. The molecule has 0 radical (unpaired) electrons. The molecule has 11 nitrogen and oxygen atoms in total. The Morgan fingerprint density at radius 1 is 1.09 bits per heavy atom. The molecule has 0 spiro atoms. The van der Waals surface area contributed by atoms with Gasteiger partial charge in [-0.25, -0.2) is 8.42 Å². The zero-order valence-corrected chi connectivity index (χ0v) is 26.6. The zero-order chi connectivity index (χ0) is 31.1. The van der Waals surface area contributed by atoms with Crippen LogP contribution in [0, 0.1) is 5.92 Å². The molecule has 0 unspecified atom stereocenters. The molecule has 12 heteroatoms. The smallest absolute Gasteiger partial charge is 0.258 e. The molecule has 2 aliphatic rings. The van der Waals surface area contributed by atoms with Crippen molar-refractivity contribution in [2.24, 2.45) is 5.92 Å². The van der Waals surface area contributed by atoms with E-state index < -0.39 is 16.1 Å². The van der Waals surface area contributed by atoms with Crippen LogP contribution in [0.3, 0.4) is 0 Å². The van der Waals surface area contributed by atoms with Crippen molar-refractivity contribution in [1.82, 2.24) is 9.80 Å². The molecule has 0 bridgehead atoms. The molecule has 2 N–H and O–H groups in total. The van der Waals surface area contributed by atoms with Gasteiger partial charge >= 0.3 is 0 Å². The summed E-state index contributed by atoms with van der Waals surface area (Å²) in [5.41, 5.74) is 1.60. The van der Waals surface area contributed by atoms with Gasteiger partial charge < -0.3 is 29.0 Å². The summed E-state index contributed by atoms with van der Waals surface area (Å²) in [6.07, 6.45) is 3.22. The summed E-state index contributed by atoms with van der Waals surface area (Å²) in [7, 11) is -1.52. The number of aliphatic hydroxyl groups is 1. The lowest BCUT2D eigenvalue weighted by atomic mass is 10.0. The number of amides is 1. The van der Waals surface area contributed by atoms with Crippen LogP contribution in [-0.4, -0.2) is 93.9 Å². The Balaban J connectivity index is 1.59. The molecule has 4 atom stereocenters. The van der Waals surface area contributed by atoms with Crippen molar-refractivity contribution >= 4 is 21.6 Å². The Bertz CT molecular complexity index is 1350. The number of hydrogen-bond donors (Lipinski definition) is 2. The maximum Gasteiger partial charge on any atom is 0.258 e. The average Bonchev–Trinajstić information content (AvgIpc) is 3.41. The number of hydrogen-bond acceptors (Lipinski definition) is 9. The number of carbonyl (C=O) groups excluding carboxylic acids is 1. The Kier molecular flexibility index (Phi) is 11.2. The number of sulfonamides is 1. The first-order valence-corrected chi connectivity index (χ1v) is 16.7. The largest absolute Gasteiger partial charge is 0.490 e. The Labute approximate surface area is 255 Å². The molecule has 2 aromatic carbocycles. The lowest BCUT2D eigenvalue weighted by Crippen LogP contribution is -2.47. The molecule has 43 heavy (non-hydrogen) atoms. The van der Waals surface area contributed by atoms with Crippen molar-refractivity contribution in [2.45, 2.75) is 64.8 Å². The van der Waals surface area contributed by atoms with Crippen LogP contribution in [0.4, 0.5) is 5.69 Å². The molecule has 1 amide bonds. The van der Waals surface area contributed by atoms with Crippen molar-refractivity contribution in [1.29, 1.82) is 0 Å². The third-order valence-electron chi connectivity index (χ3n) is 7.74. The monoisotopic (exact) mass is 619 g/mol. The molecule has 238 valence electrons. The highest BCUT2D eigenvalue weighted by Crippen LogP contribution is 2.33. The van der Waals surface area contributed by atoms with Crippen molar-refractivity contribution < 1.29 is 37.3 Å². The fourth-order valence-electron chi connectivity index (χ4n) is 5.39. The van der Waals surface area contributed by atoms with E-state index in [1.165, 1.54) is 6.07 Å². The minimum atomic E-state index is -3.56. The first-order valence-electron chi connectivity index (χ1n) is 14.8. The lowest BCUT2D eigenvalue weighted by molar-refractivity contribution is -0.0177. The van der Waals surface area contributed by atoms with Crippen LogP contribution in [0.5, 0.6) is 17.2 Å². The van der Waals surface area contributed by atoms with Gasteiger partial charge in [0.25, 0.3) is 5.91 Å². The predicted octanol–water partition coefficient (Wildman–Crippen LogP) is 3.71. The van der Waals surface area contributed by atoms with Gasteiger partial charge in [-0.2, -0.15) is 0 Å². The van der Waals surface area contributed by atoms with Crippen LogP contribution < -0.4 is 18.9 Å². The van der Waals surface area contributed by atoms with Crippen molar-refractivity contribution in [3.8, 4) is 17.2 Å². The summed E-state index contributed by atoms with van der Waals surface area (Å²) in [6.45, 7) is 8.00. The number of ether oxygens (including phenoxy) is 4. The molecule has 2 heterocycles. The molecular formula is C31H45N3O8S. The maximum atomic E-state index is 14.1. The SMILES string of the molecule is C[C@@H]1CCCCO[C@@H](CN(C)Cc2ccc3c(c2)OCO3)[C@H](C)CN([C@H](C)CO)C(=O)c2cc(NS(C)(=O)=O)ccc2O1. The third kappa shape index (κ3) is 9.21. The summed E-state index contributed by atoms with van der Waals surface area (Å²) in [6, 6.07) is 10.2. The van der Waals surface area contributed by atoms with E-state index in [0.29, 0.717) is 32.0 Å². The van der Waals surface area contributed by atoms with Crippen molar-refractivity contribution in [3.63, 3.8) is 0 Å². The number of nitrogens with zero attached hydrogens (tertiary/aromatic N) is 2. The van der Waals surface area contributed by atoms with E-state index in [1.807, 2.05) is 32.2 Å². The lowest BCUT2D eigenvalue weighted by Gasteiger charge is -2.36. The van der Waals surface area contributed by atoms with E-state index in [1.54, 1.807) is 24.0 Å². The maximum absolute atomic E-state index is 14.1. The normalized spacial score (nSPS) is 22.4. The molecule has 4 rings (SSSR count). The highest BCUT2D eigenvalue weighted by Gasteiger charge is 2.30. The van der Waals surface area contributed by atoms with Gasteiger partial charge in [-0.15, -0.1) is 0 Å². The van der Waals surface area contributed by atoms with Crippen LogP contribution in [-0.2, 0) is 21.3 Å². The molecular weight excluding hydrogens is 574 g/mol. The summed E-state index contributed by atoms with van der Waals surface area (Å²) in [4.78, 5) is 17.9. The van der Waals surface area contributed by atoms with Gasteiger partial charge in [0, 0.05) is 37.8 Å². The number of likely N-dealkylation sites (N-methyl/N-ethyl adjacent to an activating group) is 1. The molecule has 0 saturated heterocycles. The molecule has 2 aromatic rings. The minimum Gasteiger partial charge on any atom is -0.490 e. The number of carbonyl (C=O) groups is 1. The van der Waals surface area contributed by atoms with Gasteiger partial charge in [0.1, 0.15) is 5.75 Å². The van der Waals surface area contributed by atoms with Crippen molar-refractivity contribution in [2.75, 3.05) is 51.1 Å².